The topological polar surface area (TPSA) is 64.0 Å². The van der Waals surface area contributed by atoms with E-state index in [1.54, 1.807) is 12.3 Å². The summed E-state index contributed by atoms with van der Waals surface area (Å²) in [6.07, 6.45) is 6.20. The summed E-state index contributed by atoms with van der Waals surface area (Å²) in [5.74, 6) is 0.364. The van der Waals surface area contributed by atoms with Crippen molar-refractivity contribution in [2.75, 3.05) is 0 Å². The lowest BCUT2D eigenvalue weighted by Gasteiger charge is -2.29. The van der Waals surface area contributed by atoms with Crippen LogP contribution in [0, 0.1) is 5.92 Å². The highest BCUT2D eigenvalue weighted by atomic mass is 16.2. The Kier molecular flexibility index (Phi) is 4.22. The van der Waals surface area contributed by atoms with Crippen molar-refractivity contribution in [2.45, 2.75) is 45.2 Å². The molecule has 1 N–H and O–H groups in total. The summed E-state index contributed by atoms with van der Waals surface area (Å²) in [6, 6.07) is 7.51. The Balaban J connectivity index is 1.74. The van der Waals surface area contributed by atoms with Gasteiger partial charge in [0, 0.05) is 11.4 Å². The van der Waals surface area contributed by atoms with Crippen molar-refractivity contribution in [1.29, 1.82) is 0 Å². The molecule has 22 heavy (non-hydrogen) atoms. The number of fused-ring (bicyclic) bond motifs is 1. The predicted octanol–water partition coefficient (Wildman–Crippen LogP) is 2.09. The fraction of sp³-hybridized carbons (Fsp3) is 0.471. The minimum absolute atomic E-state index is 0.0209. The van der Waals surface area contributed by atoms with Crippen molar-refractivity contribution in [3.8, 4) is 0 Å². The van der Waals surface area contributed by atoms with Crippen molar-refractivity contribution >= 4 is 16.7 Å². The van der Waals surface area contributed by atoms with Gasteiger partial charge in [-0.3, -0.25) is 9.59 Å². The number of carbonyl (C=O) groups is 1. The second-order valence-electron chi connectivity index (χ2n) is 6.13. The van der Waals surface area contributed by atoms with E-state index in [1.165, 1.54) is 11.1 Å². The third-order valence-electron chi connectivity index (χ3n) is 4.51. The quantitative estimate of drug-likeness (QED) is 0.944. The second kappa shape index (κ2) is 6.30. The van der Waals surface area contributed by atoms with Crippen molar-refractivity contribution < 1.29 is 4.79 Å². The summed E-state index contributed by atoms with van der Waals surface area (Å²) in [4.78, 5) is 24.5. The van der Waals surface area contributed by atoms with Gasteiger partial charge in [-0.1, -0.05) is 38.0 Å². The molecule has 1 aliphatic carbocycles. The molecule has 0 spiro atoms. The first-order valence-corrected chi connectivity index (χ1v) is 7.89. The molecule has 0 radical (unpaired) electrons. The summed E-state index contributed by atoms with van der Waals surface area (Å²) >= 11 is 0. The van der Waals surface area contributed by atoms with E-state index in [0.717, 1.165) is 24.6 Å². The molecule has 1 heterocycles. The number of amides is 1. The largest absolute Gasteiger partial charge is 0.351 e. The molecule has 0 aliphatic heterocycles. The lowest BCUT2D eigenvalue weighted by atomic mass is 9.86. The Labute approximate surface area is 129 Å². The fourth-order valence-corrected chi connectivity index (χ4v) is 3.16. The van der Waals surface area contributed by atoms with Crippen LogP contribution >= 0.6 is 0 Å². The number of aromatic nitrogens is 2. The SMILES string of the molecule is C[C@H]1CCCC[C@@H]1NC(=O)Cn1ncc2ccccc2c1=O. The van der Waals surface area contributed by atoms with Gasteiger partial charge < -0.3 is 5.32 Å². The average Bonchev–Trinajstić information content (AvgIpc) is 2.53. The lowest BCUT2D eigenvalue weighted by Crippen LogP contribution is -2.43. The van der Waals surface area contributed by atoms with Crippen LogP contribution in [-0.2, 0) is 11.3 Å². The molecular weight excluding hydrogens is 278 g/mol. The molecule has 1 aromatic carbocycles. The lowest BCUT2D eigenvalue weighted by molar-refractivity contribution is -0.123. The Morgan fingerprint density at radius 3 is 2.91 bits per heavy atom. The molecule has 116 valence electrons. The van der Waals surface area contributed by atoms with E-state index in [1.807, 2.05) is 18.2 Å². The van der Waals surface area contributed by atoms with Gasteiger partial charge >= 0.3 is 0 Å². The van der Waals surface area contributed by atoms with Crippen molar-refractivity contribution in [1.82, 2.24) is 15.1 Å². The van der Waals surface area contributed by atoms with Crippen LogP contribution in [0.3, 0.4) is 0 Å². The van der Waals surface area contributed by atoms with Gasteiger partial charge in [-0.05, 0) is 24.8 Å². The molecule has 0 unspecified atom stereocenters. The van der Waals surface area contributed by atoms with Crippen LogP contribution in [0.25, 0.3) is 10.8 Å². The first-order chi connectivity index (χ1) is 10.6. The van der Waals surface area contributed by atoms with Crippen LogP contribution in [-0.4, -0.2) is 21.7 Å². The van der Waals surface area contributed by atoms with E-state index >= 15 is 0 Å². The van der Waals surface area contributed by atoms with E-state index in [2.05, 4.69) is 17.3 Å². The Morgan fingerprint density at radius 2 is 2.09 bits per heavy atom. The zero-order valence-corrected chi connectivity index (χ0v) is 12.8. The highest BCUT2D eigenvalue weighted by Crippen LogP contribution is 2.23. The van der Waals surface area contributed by atoms with Gasteiger partial charge in [0.05, 0.1) is 11.6 Å². The van der Waals surface area contributed by atoms with Gasteiger partial charge in [-0.15, -0.1) is 0 Å². The van der Waals surface area contributed by atoms with Gasteiger partial charge in [-0.2, -0.15) is 5.10 Å². The van der Waals surface area contributed by atoms with E-state index in [4.69, 9.17) is 0 Å². The van der Waals surface area contributed by atoms with Crippen LogP contribution in [0.15, 0.2) is 35.3 Å². The van der Waals surface area contributed by atoms with Crippen LogP contribution < -0.4 is 10.9 Å². The zero-order chi connectivity index (χ0) is 15.5. The number of benzene rings is 1. The van der Waals surface area contributed by atoms with Gasteiger partial charge in [-0.25, -0.2) is 4.68 Å². The Hall–Kier alpha value is -2.17. The molecule has 1 amide bonds. The molecule has 2 atom stereocenters. The minimum Gasteiger partial charge on any atom is -0.351 e. The average molecular weight is 299 g/mol. The Bertz CT molecular complexity index is 738. The van der Waals surface area contributed by atoms with Crippen molar-refractivity contribution in [2.24, 2.45) is 5.92 Å². The van der Waals surface area contributed by atoms with Crippen LogP contribution in [0.2, 0.25) is 0 Å². The van der Waals surface area contributed by atoms with Gasteiger partial charge in [0.2, 0.25) is 5.91 Å². The number of rotatable bonds is 3. The molecular formula is C17H21N3O2. The summed E-state index contributed by atoms with van der Waals surface area (Å²) in [6.45, 7) is 2.15. The minimum atomic E-state index is -0.218. The number of nitrogens with one attached hydrogen (secondary N) is 1. The number of hydrogen-bond acceptors (Lipinski definition) is 3. The predicted molar refractivity (Wildman–Crippen MR) is 85.6 cm³/mol. The normalized spacial score (nSPS) is 21.7. The molecule has 1 aromatic heterocycles. The maximum Gasteiger partial charge on any atom is 0.275 e. The first-order valence-electron chi connectivity index (χ1n) is 7.89. The molecule has 3 rings (SSSR count). The molecule has 0 bridgehead atoms. The monoisotopic (exact) mass is 299 g/mol. The summed E-state index contributed by atoms with van der Waals surface area (Å²) in [5.41, 5.74) is -0.218. The van der Waals surface area contributed by atoms with Crippen molar-refractivity contribution in [3.05, 3.63) is 40.8 Å². The van der Waals surface area contributed by atoms with Crippen LogP contribution in [0.5, 0.6) is 0 Å². The molecule has 1 saturated carbocycles. The number of hydrogen-bond donors (Lipinski definition) is 1. The van der Waals surface area contributed by atoms with Crippen LogP contribution in [0.1, 0.15) is 32.6 Å². The molecule has 1 aliphatic rings. The summed E-state index contributed by atoms with van der Waals surface area (Å²) < 4.78 is 1.24. The fourth-order valence-electron chi connectivity index (χ4n) is 3.16. The van der Waals surface area contributed by atoms with E-state index in [-0.39, 0.29) is 24.1 Å². The number of carbonyl (C=O) groups excluding carboxylic acids is 1. The second-order valence-corrected chi connectivity index (χ2v) is 6.13. The van der Waals surface area contributed by atoms with Gasteiger partial charge in [0.1, 0.15) is 6.54 Å². The molecule has 5 nitrogen and oxygen atoms in total. The smallest absolute Gasteiger partial charge is 0.275 e. The van der Waals surface area contributed by atoms with E-state index in [9.17, 15) is 9.59 Å². The molecule has 2 aromatic rings. The Morgan fingerprint density at radius 1 is 1.32 bits per heavy atom. The van der Waals surface area contributed by atoms with E-state index in [0.29, 0.717) is 11.3 Å². The first kappa shape index (κ1) is 14.8. The molecule has 1 fully saturated rings. The van der Waals surface area contributed by atoms with Gasteiger partial charge in [0.25, 0.3) is 5.56 Å². The summed E-state index contributed by atoms with van der Waals surface area (Å²) in [5, 5.41) is 8.55. The van der Waals surface area contributed by atoms with E-state index < -0.39 is 0 Å². The molecule has 0 saturated heterocycles. The molecule has 5 heteroatoms. The van der Waals surface area contributed by atoms with Crippen molar-refractivity contribution in [3.63, 3.8) is 0 Å². The number of nitrogens with zero attached hydrogens (tertiary/aromatic N) is 2. The highest BCUT2D eigenvalue weighted by molar-refractivity contribution is 5.81. The highest BCUT2D eigenvalue weighted by Gasteiger charge is 2.23. The third-order valence-corrected chi connectivity index (χ3v) is 4.51. The maximum absolute atomic E-state index is 12.3. The van der Waals surface area contributed by atoms with Gasteiger partial charge in [0.15, 0.2) is 0 Å². The standard InChI is InChI=1S/C17H21N3O2/c1-12-6-2-5-9-15(12)19-16(21)11-20-17(22)14-8-4-3-7-13(14)10-18-20/h3-4,7-8,10,12,15H,2,5-6,9,11H2,1H3,(H,19,21)/t12-,15-/m0/s1. The summed E-state index contributed by atoms with van der Waals surface area (Å²) in [7, 11) is 0. The zero-order valence-electron chi connectivity index (χ0n) is 12.8. The third kappa shape index (κ3) is 3.03. The maximum atomic E-state index is 12.3. The van der Waals surface area contributed by atoms with Crippen LogP contribution in [0.4, 0.5) is 0 Å².